The fraction of sp³-hybridized carbons (Fsp3) is 0.100. The zero-order valence-corrected chi connectivity index (χ0v) is 8.49. The normalized spacial score (nSPS) is 16.4. The van der Waals surface area contributed by atoms with Crippen LogP contribution in [0.1, 0.15) is 5.56 Å². The molecule has 2 heterocycles. The summed E-state index contributed by atoms with van der Waals surface area (Å²) in [6.45, 7) is 0. The van der Waals surface area contributed by atoms with Crippen molar-refractivity contribution in [2.45, 2.75) is 6.16 Å². The molecule has 0 spiro atoms. The highest BCUT2D eigenvalue weighted by Gasteiger charge is 2.30. The van der Waals surface area contributed by atoms with E-state index in [-0.39, 0.29) is 6.16 Å². The molecule has 1 atom stereocenters. The van der Waals surface area contributed by atoms with E-state index in [2.05, 4.69) is 0 Å². The Bertz CT molecular complexity index is 629. The van der Waals surface area contributed by atoms with E-state index in [9.17, 15) is 9.36 Å². The fourth-order valence-corrected chi connectivity index (χ4v) is 2.71. The van der Waals surface area contributed by atoms with Crippen molar-refractivity contribution in [2.24, 2.45) is 0 Å². The molecule has 3 rings (SSSR count). The molecule has 0 N–H and O–H groups in total. The smallest absolute Gasteiger partial charge is 0.423 e. The van der Waals surface area contributed by atoms with Gasteiger partial charge in [0.05, 0.1) is 5.39 Å². The number of hydrogen-bond donors (Lipinski definition) is 0. The maximum Gasteiger partial charge on any atom is 0.560 e. The molecule has 0 radical (unpaired) electrons. The van der Waals surface area contributed by atoms with Crippen molar-refractivity contribution in [1.82, 2.24) is 0 Å². The van der Waals surface area contributed by atoms with Crippen molar-refractivity contribution in [3.63, 3.8) is 0 Å². The lowest BCUT2D eigenvalue weighted by molar-refractivity contribution is 0.499. The minimum Gasteiger partial charge on any atom is -0.423 e. The summed E-state index contributed by atoms with van der Waals surface area (Å²) < 4.78 is 21.6. The Kier molecular flexibility index (Phi) is 1.67. The zero-order chi connectivity index (χ0) is 10.4. The van der Waals surface area contributed by atoms with Gasteiger partial charge < -0.3 is 4.42 Å². The molecule has 1 aromatic heterocycles. The van der Waals surface area contributed by atoms with Gasteiger partial charge in [0, 0.05) is 11.6 Å². The zero-order valence-electron chi connectivity index (χ0n) is 7.60. The Morgan fingerprint density at radius 1 is 1.33 bits per heavy atom. The maximum absolute atomic E-state index is 11.4. The van der Waals surface area contributed by atoms with Crippen LogP contribution in [0.2, 0.25) is 0 Å². The van der Waals surface area contributed by atoms with Crippen LogP contribution in [0, 0.1) is 0 Å². The van der Waals surface area contributed by atoms with Gasteiger partial charge in [0.1, 0.15) is 5.58 Å². The van der Waals surface area contributed by atoms with Crippen LogP contribution in [0.25, 0.3) is 11.0 Å². The first kappa shape index (κ1) is 8.62. The first-order valence-corrected chi connectivity index (χ1v) is 5.79. The Morgan fingerprint density at radius 3 is 3.07 bits per heavy atom. The van der Waals surface area contributed by atoms with E-state index >= 15 is 0 Å². The van der Waals surface area contributed by atoms with Crippen LogP contribution in [0.4, 0.5) is 0 Å². The molecule has 0 saturated heterocycles. The summed E-state index contributed by atoms with van der Waals surface area (Å²) >= 11 is 0. The van der Waals surface area contributed by atoms with Gasteiger partial charge in [-0.3, -0.25) is 4.52 Å². The molecular weight excluding hydrogens is 215 g/mol. The van der Waals surface area contributed by atoms with Crippen molar-refractivity contribution in [1.29, 1.82) is 0 Å². The van der Waals surface area contributed by atoms with Crippen LogP contribution in [0.5, 0.6) is 5.75 Å². The highest BCUT2D eigenvalue weighted by Crippen LogP contribution is 2.42. The van der Waals surface area contributed by atoms with Gasteiger partial charge in [0.15, 0.2) is 5.75 Å². The van der Waals surface area contributed by atoms with Crippen molar-refractivity contribution in [3.05, 3.63) is 40.2 Å². The van der Waals surface area contributed by atoms with Crippen molar-refractivity contribution in [2.75, 3.05) is 0 Å². The number of benzene rings is 1. The van der Waals surface area contributed by atoms with Gasteiger partial charge in [-0.05, 0) is 16.7 Å². The molecule has 1 aromatic carbocycles. The lowest BCUT2D eigenvalue weighted by Gasteiger charge is -2.07. The van der Waals surface area contributed by atoms with Crippen molar-refractivity contribution >= 4 is 19.0 Å². The quantitative estimate of drug-likeness (QED) is 0.506. The fourth-order valence-electron chi connectivity index (χ4n) is 1.75. The monoisotopic (exact) mass is 221 g/mol. The summed E-state index contributed by atoms with van der Waals surface area (Å²) in [5.74, 6) is 0.526. The molecule has 1 aliphatic heterocycles. The molecule has 5 heteroatoms. The summed E-state index contributed by atoms with van der Waals surface area (Å²) in [6, 6.07) is 6.50. The third kappa shape index (κ3) is 1.26. The minimum absolute atomic E-state index is 0.272. The van der Waals surface area contributed by atoms with Gasteiger partial charge >= 0.3 is 13.7 Å². The van der Waals surface area contributed by atoms with Gasteiger partial charge in [-0.25, -0.2) is 4.79 Å². The highest BCUT2D eigenvalue weighted by atomic mass is 31.1. The summed E-state index contributed by atoms with van der Waals surface area (Å²) in [7, 11) is -1.75. The predicted octanol–water partition coefficient (Wildman–Crippen LogP) is 2.43. The van der Waals surface area contributed by atoms with Crippen LogP contribution >= 0.6 is 8.03 Å². The second kappa shape index (κ2) is 2.91. The predicted molar refractivity (Wildman–Crippen MR) is 54.4 cm³/mol. The molecular formula is C10H6O4P+. The molecule has 0 bridgehead atoms. The molecule has 1 unspecified atom stereocenters. The summed E-state index contributed by atoms with van der Waals surface area (Å²) in [4.78, 5) is 11.2. The SMILES string of the molecule is O=c1cc2c3c(cccc3o1)O[P+](=O)C2. The standard InChI is InChI=1S/C10H6O4P/c11-9-4-6-5-15(12)14-8-3-1-2-7(13-9)10(6)8/h1-4H,5H2/q+1. The van der Waals surface area contributed by atoms with Crippen LogP contribution in [-0.2, 0) is 10.7 Å². The highest BCUT2D eigenvalue weighted by molar-refractivity contribution is 7.38. The Balaban J connectivity index is 2.50. The molecule has 4 nitrogen and oxygen atoms in total. The molecule has 0 aliphatic carbocycles. The third-order valence-corrected chi connectivity index (χ3v) is 3.31. The van der Waals surface area contributed by atoms with E-state index in [1.165, 1.54) is 6.07 Å². The molecule has 0 amide bonds. The summed E-state index contributed by atoms with van der Waals surface area (Å²) in [6.07, 6.45) is 0.272. The van der Waals surface area contributed by atoms with E-state index < -0.39 is 13.7 Å². The Hall–Kier alpha value is -1.67. The second-order valence-corrected chi connectivity index (χ2v) is 4.47. The van der Waals surface area contributed by atoms with Gasteiger partial charge in [-0.1, -0.05) is 6.07 Å². The van der Waals surface area contributed by atoms with Gasteiger partial charge in [-0.2, -0.15) is 0 Å². The topological polar surface area (TPSA) is 56.5 Å². The van der Waals surface area contributed by atoms with E-state index in [0.717, 1.165) is 10.9 Å². The lowest BCUT2D eigenvalue weighted by Crippen LogP contribution is -2.04. The first-order chi connectivity index (χ1) is 7.24. The van der Waals surface area contributed by atoms with E-state index in [1.54, 1.807) is 18.2 Å². The minimum atomic E-state index is -1.75. The molecule has 74 valence electrons. The summed E-state index contributed by atoms with van der Waals surface area (Å²) in [5.41, 5.74) is 0.808. The maximum atomic E-state index is 11.4. The average Bonchev–Trinajstić information content (AvgIpc) is 2.16. The third-order valence-electron chi connectivity index (χ3n) is 2.31. The second-order valence-electron chi connectivity index (χ2n) is 3.30. The largest absolute Gasteiger partial charge is 0.560 e. The van der Waals surface area contributed by atoms with E-state index in [0.29, 0.717) is 11.3 Å². The van der Waals surface area contributed by atoms with Crippen molar-refractivity contribution < 1.29 is 13.5 Å². The van der Waals surface area contributed by atoms with E-state index in [4.69, 9.17) is 8.94 Å². The van der Waals surface area contributed by atoms with Crippen LogP contribution in [0.3, 0.4) is 0 Å². The molecule has 2 aromatic rings. The van der Waals surface area contributed by atoms with Crippen LogP contribution in [0.15, 0.2) is 33.5 Å². The Labute approximate surface area is 85.3 Å². The van der Waals surface area contributed by atoms with E-state index in [1.807, 2.05) is 0 Å². The lowest BCUT2D eigenvalue weighted by atomic mass is 10.1. The number of rotatable bonds is 0. The molecule has 0 saturated carbocycles. The van der Waals surface area contributed by atoms with Gasteiger partial charge in [0.2, 0.25) is 6.16 Å². The van der Waals surface area contributed by atoms with Gasteiger partial charge in [-0.15, -0.1) is 0 Å². The summed E-state index contributed by atoms with van der Waals surface area (Å²) in [5, 5.41) is 0.756. The first-order valence-electron chi connectivity index (χ1n) is 4.42. The van der Waals surface area contributed by atoms with Crippen molar-refractivity contribution in [3.8, 4) is 5.75 Å². The number of hydrogen-bond acceptors (Lipinski definition) is 4. The molecule has 1 aliphatic rings. The molecule has 15 heavy (non-hydrogen) atoms. The molecule has 0 fully saturated rings. The van der Waals surface area contributed by atoms with Crippen LogP contribution in [-0.4, -0.2) is 0 Å². The Morgan fingerprint density at radius 2 is 2.20 bits per heavy atom. The van der Waals surface area contributed by atoms with Gasteiger partial charge in [0.25, 0.3) is 0 Å². The average molecular weight is 221 g/mol. The van der Waals surface area contributed by atoms with Crippen LogP contribution < -0.4 is 10.1 Å².